The third-order valence-electron chi connectivity index (χ3n) is 6.44. The first-order chi connectivity index (χ1) is 16.3. The molecule has 1 aromatic heterocycles. The Labute approximate surface area is 200 Å². The van der Waals surface area contributed by atoms with Gasteiger partial charge >= 0.3 is 0 Å². The summed E-state index contributed by atoms with van der Waals surface area (Å²) in [6, 6.07) is 4.66. The largest absolute Gasteiger partial charge is 0.384 e. The van der Waals surface area contributed by atoms with Crippen molar-refractivity contribution in [1.82, 2.24) is 20.6 Å². The lowest BCUT2D eigenvalue weighted by molar-refractivity contribution is 0.0839. The number of methoxy groups -OCH3 is 1. The Morgan fingerprint density at radius 3 is 2.62 bits per heavy atom. The van der Waals surface area contributed by atoms with Crippen molar-refractivity contribution in [3.63, 3.8) is 0 Å². The van der Waals surface area contributed by atoms with E-state index in [4.69, 9.17) is 4.74 Å². The number of carbonyl (C=O) groups is 1. The molecule has 1 aliphatic carbocycles. The first-order valence-electron chi connectivity index (χ1n) is 12.2. The molecule has 0 bridgehead atoms. The van der Waals surface area contributed by atoms with E-state index in [0.717, 1.165) is 50.9 Å². The minimum atomic E-state index is -0.365. The summed E-state index contributed by atoms with van der Waals surface area (Å²) in [5.74, 6) is 0.887. The molecule has 0 spiro atoms. The lowest BCUT2D eigenvalue weighted by Crippen LogP contribution is -2.48. The second kappa shape index (κ2) is 10.6. The number of amidine groups is 1. The van der Waals surface area contributed by atoms with E-state index < -0.39 is 0 Å². The molecule has 2 atom stereocenters. The predicted octanol–water partition coefficient (Wildman–Crippen LogP) is 3.68. The molecule has 9 heteroatoms. The number of aliphatic imine (C=N–C) groups is 1. The van der Waals surface area contributed by atoms with E-state index in [2.05, 4.69) is 30.9 Å². The lowest BCUT2D eigenvalue weighted by atomic mass is 9.90. The Morgan fingerprint density at radius 2 is 1.91 bits per heavy atom. The first kappa shape index (κ1) is 24.3. The van der Waals surface area contributed by atoms with Crippen LogP contribution in [0.5, 0.6) is 0 Å². The van der Waals surface area contributed by atoms with Gasteiger partial charge in [-0.3, -0.25) is 9.79 Å². The summed E-state index contributed by atoms with van der Waals surface area (Å²) in [5.41, 5.74) is 0.302. The maximum atomic E-state index is 14.1. The second-order valence-corrected chi connectivity index (χ2v) is 10.1. The van der Waals surface area contributed by atoms with Crippen LogP contribution in [-0.2, 0) is 4.74 Å². The second-order valence-electron chi connectivity index (χ2n) is 10.1. The van der Waals surface area contributed by atoms with E-state index in [1.165, 1.54) is 12.1 Å². The van der Waals surface area contributed by atoms with E-state index in [1.54, 1.807) is 13.2 Å². The fourth-order valence-corrected chi connectivity index (χ4v) is 4.68. The van der Waals surface area contributed by atoms with E-state index in [9.17, 15) is 9.18 Å². The Kier molecular flexibility index (Phi) is 7.60. The van der Waals surface area contributed by atoms with Crippen molar-refractivity contribution >= 4 is 28.5 Å². The standard InChI is InChI=1S/C25H35FN6O2/c1-25(2,15-34-3)14-28-24(33)23-30-18-11-10-16(26)13-17(18)22(32-23)31-20-8-5-4-7-19(20)29-21-9-6-12-27-21/h10-11,13,19-20H,4-9,12,14-15H2,1-3H3,(H,27,29)(H,28,33)(H,30,31,32)/t19-,20+/m1/s1. The molecule has 184 valence electrons. The number of amides is 1. The number of benzene rings is 1. The van der Waals surface area contributed by atoms with Crippen molar-refractivity contribution in [2.24, 2.45) is 10.4 Å². The van der Waals surface area contributed by atoms with E-state index in [-0.39, 0.29) is 35.0 Å². The lowest BCUT2D eigenvalue weighted by Gasteiger charge is -2.34. The summed E-state index contributed by atoms with van der Waals surface area (Å²) in [6.45, 7) is 5.84. The van der Waals surface area contributed by atoms with Gasteiger partial charge in [-0.15, -0.1) is 0 Å². The third-order valence-corrected chi connectivity index (χ3v) is 6.44. The number of carbonyl (C=O) groups excluding carboxylic acids is 1. The van der Waals surface area contributed by atoms with Gasteiger partial charge < -0.3 is 20.7 Å². The number of aromatic nitrogens is 2. The van der Waals surface area contributed by atoms with Crippen LogP contribution in [0.25, 0.3) is 10.9 Å². The number of fused-ring (bicyclic) bond motifs is 1. The maximum Gasteiger partial charge on any atom is 0.289 e. The Balaban J connectivity index is 1.58. The maximum absolute atomic E-state index is 14.1. The molecule has 1 fully saturated rings. The highest BCUT2D eigenvalue weighted by Gasteiger charge is 2.28. The Morgan fingerprint density at radius 1 is 1.15 bits per heavy atom. The summed E-state index contributed by atoms with van der Waals surface area (Å²) in [4.78, 5) is 26.5. The number of ether oxygens (including phenoxy) is 1. The van der Waals surface area contributed by atoms with Crippen LogP contribution in [0.1, 0.15) is 63.0 Å². The average Bonchev–Trinajstić information content (AvgIpc) is 3.32. The SMILES string of the molecule is COCC(C)(C)CNC(=O)c1nc(N[C@H]2CCCC[C@H]2NC2=NCCC2)c2cc(F)ccc2n1. The molecule has 1 aliphatic heterocycles. The fraction of sp³-hybridized carbons (Fsp3) is 0.600. The van der Waals surface area contributed by atoms with Gasteiger partial charge in [-0.1, -0.05) is 26.7 Å². The molecule has 0 saturated heterocycles. The van der Waals surface area contributed by atoms with E-state index in [1.807, 2.05) is 13.8 Å². The third kappa shape index (κ3) is 6.00. The quantitative estimate of drug-likeness (QED) is 0.544. The molecule has 1 amide bonds. The van der Waals surface area contributed by atoms with Crippen LogP contribution in [0.2, 0.25) is 0 Å². The van der Waals surface area contributed by atoms with E-state index in [0.29, 0.717) is 29.9 Å². The van der Waals surface area contributed by atoms with Crippen molar-refractivity contribution in [2.75, 3.05) is 32.1 Å². The van der Waals surface area contributed by atoms with Crippen molar-refractivity contribution in [1.29, 1.82) is 0 Å². The Bertz CT molecular complexity index is 1060. The zero-order chi connectivity index (χ0) is 24.1. The molecule has 2 aliphatic rings. The smallest absolute Gasteiger partial charge is 0.289 e. The van der Waals surface area contributed by atoms with Gasteiger partial charge in [0, 0.05) is 49.5 Å². The topological polar surface area (TPSA) is 101 Å². The summed E-state index contributed by atoms with van der Waals surface area (Å²) >= 11 is 0. The minimum Gasteiger partial charge on any atom is -0.384 e. The highest BCUT2D eigenvalue weighted by atomic mass is 19.1. The number of halogens is 1. The van der Waals surface area contributed by atoms with Crippen LogP contribution in [0, 0.1) is 11.2 Å². The van der Waals surface area contributed by atoms with Gasteiger partial charge in [-0.2, -0.15) is 0 Å². The minimum absolute atomic E-state index is 0.0651. The van der Waals surface area contributed by atoms with Gasteiger partial charge in [-0.25, -0.2) is 14.4 Å². The molecule has 2 heterocycles. The molecule has 0 unspecified atom stereocenters. The number of anilines is 1. The predicted molar refractivity (Wildman–Crippen MR) is 132 cm³/mol. The summed E-state index contributed by atoms with van der Waals surface area (Å²) < 4.78 is 19.4. The van der Waals surface area contributed by atoms with Gasteiger partial charge in [0.25, 0.3) is 5.91 Å². The molecule has 2 aromatic rings. The van der Waals surface area contributed by atoms with Gasteiger partial charge in [0.2, 0.25) is 5.82 Å². The van der Waals surface area contributed by atoms with Gasteiger partial charge in [0.1, 0.15) is 11.6 Å². The monoisotopic (exact) mass is 470 g/mol. The number of hydrogen-bond acceptors (Lipinski definition) is 7. The van der Waals surface area contributed by atoms with Crippen LogP contribution < -0.4 is 16.0 Å². The normalized spacial score (nSPS) is 20.8. The number of nitrogens with zero attached hydrogens (tertiary/aromatic N) is 3. The zero-order valence-electron chi connectivity index (χ0n) is 20.3. The number of hydrogen-bond donors (Lipinski definition) is 3. The van der Waals surface area contributed by atoms with Crippen LogP contribution in [0.15, 0.2) is 23.2 Å². The molecule has 1 aromatic carbocycles. The summed E-state index contributed by atoms with van der Waals surface area (Å²) in [7, 11) is 1.64. The van der Waals surface area contributed by atoms with Crippen LogP contribution in [-0.4, -0.2) is 60.6 Å². The molecule has 3 N–H and O–H groups in total. The first-order valence-corrected chi connectivity index (χ1v) is 12.2. The summed E-state index contributed by atoms with van der Waals surface area (Å²) in [6.07, 6.45) is 6.29. The molecule has 8 nitrogen and oxygen atoms in total. The number of nitrogens with one attached hydrogen (secondary N) is 3. The van der Waals surface area contributed by atoms with Crippen molar-refractivity contribution < 1.29 is 13.9 Å². The van der Waals surface area contributed by atoms with Crippen LogP contribution in [0.3, 0.4) is 0 Å². The molecule has 4 rings (SSSR count). The molecule has 0 radical (unpaired) electrons. The molecular formula is C25H35FN6O2. The van der Waals surface area contributed by atoms with Crippen molar-refractivity contribution in [3.8, 4) is 0 Å². The number of rotatable bonds is 8. The van der Waals surface area contributed by atoms with Gasteiger partial charge in [0.15, 0.2) is 0 Å². The van der Waals surface area contributed by atoms with Crippen molar-refractivity contribution in [3.05, 3.63) is 29.8 Å². The van der Waals surface area contributed by atoms with Gasteiger partial charge in [-0.05, 0) is 37.5 Å². The van der Waals surface area contributed by atoms with Gasteiger partial charge in [0.05, 0.1) is 18.0 Å². The van der Waals surface area contributed by atoms with Crippen molar-refractivity contribution in [2.45, 2.75) is 64.5 Å². The van der Waals surface area contributed by atoms with Crippen LogP contribution in [0.4, 0.5) is 10.2 Å². The molecular weight excluding hydrogens is 435 g/mol. The van der Waals surface area contributed by atoms with Crippen LogP contribution >= 0.6 is 0 Å². The molecule has 34 heavy (non-hydrogen) atoms. The van der Waals surface area contributed by atoms with E-state index >= 15 is 0 Å². The molecule has 1 saturated carbocycles. The summed E-state index contributed by atoms with van der Waals surface area (Å²) in [5, 5.41) is 10.6. The highest BCUT2D eigenvalue weighted by molar-refractivity contribution is 5.96. The highest BCUT2D eigenvalue weighted by Crippen LogP contribution is 2.27. The zero-order valence-corrected chi connectivity index (χ0v) is 20.3. The Hall–Kier alpha value is -2.81. The fourth-order valence-electron chi connectivity index (χ4n) is 4.68. The average molecular weight is 471 g/mol.